The average molecular weight is 332 g/mol. The van der Waals surface area contributed by atoms with Gasteiger partial charge in [-0.15, -0.1) is 11.3 Å². The number of rotatable bonds is 2. The molecule has 1 heterocycles. The lowest BCUT2D eigenvalue weighted by molar-refractivity contribution is 1.21. The van der Waals surface area contributed by atoms with Crippen molar-refractivity contribution >= 4 is 32.9 Å². The lowest BCUT2D eigenvalue weighted by Crippen LogP contribution is -2.08. The molecule has 0 aliphatic rings. The second kappa shape index (κ2) is 7.75. The Morgan fingerprint density at radius 1 is 0.708 bits per heavy atom. The number of para-hydroxylation sites is 3. The Morgan fingerprint density at radius 3 is 1.75 bits per heavy atom. The highest BCUT2D eigenvalue weighted by molar-refractivity contribution is 7.18. The summed E-state index contributed by atoms with van der Waals surface area (Å²) in [6.45, 7) is 2.03. The first-order chi connectivity index (χ1) is 11.7. The van der Waals surface area contributed by atoms with Gasteiger partial charge >= 0.3 is 0 Å². The maximum atomic E-state index is 4.33. The second-order valence-corrected chi connectivity index (χ2v) is 6.67. The predicted octanol–water partition coefficient (Wildman–Crippen LogP) is 6.06. The molecular formula is C21H20N2S. The van der Waals surface area contributed by atoms with Crippen LogP contribution in [-0.4, -0.2) is 12.0 Å². The zero-order valence-electron chi connectivity index (χ0n) is 13.9. The minimum atomic E-state index is 1.12. The van der Waals surface area contributed by atoms with Gasteiger partial charge in [-0.25, -0.2) is 4.98 Å². The van der Waals surface area contributed by atoms with Crippen LogP contribution in [0.4, 0.5) is 11.4 Å². The van der Waals surface area contributed by atoms with Crippen molar-refractivity contribution in [3.8, 4) is 0 Å². The number of thiazole rings is 1. The van der Waals surface area contributed by atoms with Crippen LogP contribution < -0.4 is 4.90 Å². The van der Waals surface area contributed by atoms with Gasteiger partial charge in [-0.3, -0.25) is 0 Å². The highest BCUT2D eigenvalue weighted by Gasteiger charge is 2.00. The third kappa shape index (κ3) is 4.00. The van der Waals surface area contributed by atoms with E-state index in [9.17, 15) is 0 Å². The number of hydrogen-bond acceptors (Lipinski definition) is 3. The molecule has 0 amide bonds. The molecule has 0 bridgehead atoms. The summed E-state index contributed by atoms with van der Waals surface area (Å²) in [4.78, 5) is 6.50. The number of fused-ring (bicyclic) bond motifs is 1. The van der Waals surface area contributed by atoms with E-state index in [4.69, 9.17) is 0 Å². The van der Waals surface area contributed by atoms with Crippen molar-refractivity contribution in [1.29, 1.82) is 0 Å². The van der Waals surface area contributed by atoms with E-state index in [1.165, 1.54) is 16.1 Å². The third-order valence-corrected chi connectivity index (χ3v) is 4.64. The van der Waals surface area contributed by atoms with Gasteiger partial charge in [0.2, 0.25) is 0 Å². The minimum absolute atomic E-state index is 1.12. The van der Waals surface area contributed by atoms with E-state index < -0.39 is 0 Å². The number of nitrogens with zero attached hydrogens (tertiary/aromatic N) is 2. The molecule has 0 spiro atoms. The maximum Gasteiger partial charge on any atom is 0.0907 e. The lowest BCUT2D eigenvalue weighted by atomic mass is 10.2. The fourth-order valence-corrected chi connectivity index (χ4v) is 3.27. The van der Waals surface area contributed by atoms with Crippen molar-refractivity contribution in [3.05, 3.63) is 89.9 Å². The Morgan fingerprint density at radius 2 is 1.21 bits per heavy atom. The van der Waals surface area contributed by atoms with Crippen LogP contribution in [0.25, 0.3) is 10.2 Å². The topological polar surface area (TPSA) is 16.1 Å². The van der Waals surface area contributed by atoms with Gasteiger partial charge < -0.3 is 4.90 Å². The fraction of sp³-hybridized carbons (Fsp3) is 0.0952. The van der Waals surface area contributed by atoms with Crippen LogP contribution in [0.15, 0.2) is 84.9 Å². The normalized spacial score (nSPS) is 10.1. The minimum Gasteiger partial charge on any atom is -0.345 e. The highest BCUT2D eigenvalue weighted by Crippen LogP contribution is 2.22. The third-order valence-electron chi connectivity index (χ3n) is 3.69. The predicted molar refractivity (Wildman–Crippen MR) is 105 cm³/mol. The number of aromatic nitrogens is 1. The number of aryl methyl sites for hydroxylation is 1. The molecule has 0 atom stereocenters. The van der Waals surface area contributed by atoms with E-state index in [2.05, 4.69) is 71.5 Å². The Labute approximate surface area is 147 Å². The van der Waals surface area contributed by atoms with Crippen LogP contribution in [0.5, 0.6) is 0 Å². The van der Waals surface area contributed by atoms with Gasteiger partial charge in [-0.2, -0.15) is 0 Å². The molecule has 3 heteroatoms. The van der Waals surface area contributed by atoms with Crippen molar-refractivity contribution in [1.82, 2.24) is 4.98 Å². The van der Waals surface area contributed by atoms with Crippen molar-refractivity contribution in [2.75, 3.05) is 11.9 Å². The molecule has 0 fully saturated rings. The molecule has 0 saturated heterocycles. The van der Waals surface area contributed by atoms with E-state index >= 15 is 0 Å². The van der Waals surface area contributed by atoms with Crippen molar-refractivity contribution in [2.45, 2.75) is 6.92 Å². The number of benzene rings is 3. The largest absolute Gasteiger partial charge is 0.345 e. The van der Waals surface area contributed by atoms with Crippen LogP contribution in [0.2, 0.25) is 0 Å². The molecule has 0 aliphatic heterocycles. The molecule has 120 valence electrons. The maximum absolute atomic E-state index is 4.33. The molecule has 1 aromatic heterocycles. The highest BCUT2D eigenvalue weighted by atomic mass is 32.1. The van der Waals surface area contributed by atoms with Crippen molar-refractivity contribution in [3.63, 3.8) is 0 Å². The van der Waals surface area contributed by atoms with E-state index in [0.29, 0.717) is 0 Å². The van der Waals surface area contributed by atoms with Gasteiger partial charge in [-0.05, 0) is 43.3 Å². The Bertz CT molecular complexity index is 813. The first-order valence-electron chi connectivity index (χ1n) is 7.90. The number of hydrogen-bond donors (Lipinski definition) is 0. The smallest absolute Gasteiger partial charge is 0.0907 e. The summed E-state index contributed by atoms with van der Waals surface area (Å²) in [5.74, 6) is 0. The summed E-state index contributed by atoms with van der Waals surface area (Å²) in [6.07, 6.45) is 0. The van der Waals surface area contributed by atoms with Crippen molar-refractivity contribution < 1.29 is 0 Å². The molecule has 4 aromatic rings. The average Bonchev–Trinajstić information content (AvgIpc) is 3.03. The molecule has 24 heavy (non-hydrogen) atoms. The van der Waals surface area contributed by atoms with Crippen molar-refractivity contribution in [2.24, 2.45) is 0 Å². The summed E-state index contributed by atoms with van der Waals surface area (Å²) in [7, 11) is 2.07. The number of anilines is 2. The first kappa shape index (κ1) is 16.2. The van der Waals surface area contributed by atoms with E-state index in [0.717, 1.165) is 10.5 Å². The van der Waals surface area contributed by atoms with Gasteiger partial charge in [0.15, 0.2) is 0 Å². The first-order valence-corrected chi connectivity index (χ1v) is 8.72. The summed E-state index contributed by atoms with van der Waals surface area (Å²) in [5, 5.41) is 1.14. The fourth-order valence-electron chi connectivity index (χ4n) is 2.44. The zero-order chi connectivity index (χ0) is 16.8. The van der Waals surface area contributed by atoms with Crippen LogP contribution in [0.1, 0.15) is 5.01 Å². The summed E-state index contributed by atoms with van der Waals surface area (Å²) in [5.41, 5.74) is 3.53. The Balaban J connectivity index is 0.000000149. The molecule has 4 rings (SSSR count). The molecular weight excluding hydrogens is 312 g/mol. The quantitative estimate of drug-likeness (QED) is 0.443. The Hall–Kier alpha value is -2.65. The standard InChI is InChI=1S/C13H13N.C8H7NS/c1-14(12-8-4-2-5-9-12)13-10-6-3-7-11-13;1-6-9-7-4-2-3-5-8(7)10-6/h2-11H,1H3;2-5H,1H3. The molecule has 3 aromatic carbocycles. The monoisotopic (exact) mass is 332 g/mol. The van der Waals surface area contributed by atoms with Crippen LogP contribution in [0.3, 0.4) is 0 Å². The van der Waals surface area contributed by atoms with E-state index in [1.54, 1.807) is 11.3 Å². The van der Waals surface area contributed by atoms with Crippen LogP contribution >= 0.6 is 11.3 Å². The molecule has 0 saturated carbocycles. The van der Waals surface area contributed by atoms with Gasteiger partial charge in [0.25, 0.3) is 0 Å². The second-order valence-electron chi connectivity index (χ2n) is 5.43. The molecule has 0 unspecified atom stereocenters. The van der Waals surface area contributed by atoms with E-state index in [1.807, 2.05) is 37.3 Å². The van der Waals surface area contributed by atoms with Crippen LogP contribution in [0, 0.1) is 6.92 Å². The van der Waals surface area contributed by atoms with Gasteiger partial charge in [-0.1, -0.05) is 48.5 Å². The lowest BCUT2D eigenvalue weighted by Gasteiger charge is -2.18. The van der Waals surface area contributed by atoms with E-state index in [-0.39, 0.29) is 0 Å². The van der Waals surface area contributed by atoms with Gasteiger partial charge in [0, 0.05) is 18.4 Å². The summed E-state index contributed by atoms with van der Waals surface area (Å²) in [6, 6.07) is 28.9. The molecule has 0 radical (unpaired) electrons. The van der Waals surface area contributed by atoms with Gasteiger partial charge in [0.1, 0.15) is 0 Å². The molecule has 0 aliphatic carbocycles. The summed E-state index contributed by atoms with van der Waals surface area (Å²) < 4.78 is 1.28. The molecule has 2 nitrogen and oxygen atoms in total. The van der Waals surface area contributed by atoms with Crippen LogP contribution in [-0.2, 0) is 0 Å². The SMILES string of the molecule is CN(c1ccccc1)c1ccccc1.Cc1nc2ccccc2s1. The molecule has 0 N–H and O–H groups in total. The van der Waals surface area contributed by atoms with Gasteiger partial charge in [0.05, 0.1) is 15.2 Å². The Kier molecular flexibility index (Phi) is 5.24. The zero-order valence-corrected chi connectivity index (χ0v) is 14.7. The summed E-state index contributed by atoms with van der Waals surface area (Å²) >= 11 is 1.74.